The Morgan fingerprint density at radius 1 is 1.03 bits per heavy atom. The topological polar surface area (TPSA) is 106 Å². The maximum Gasteiger partial charge on any atom is 0.343 e. The van der Waals surface area contributed by atoms with Crippen molar-refractivity contribution in [2.45, 2.75) is 6.92 Å². The molecule has 8 heteroatoms. The van der Waals surface area contributed by atoms with E-state index in [1.807, 2.05) is 6.92 Å². The summed E-state index contributed by atoms with van der Waals surface area (Å²) in [5.41, 5.74) is 3.42. The van der Waals surface area contributed by atoms with Gasteiger partial charge in [-0.15, -0.1) is 0 Å². The molecule has 0 radical (unpaired) electrons. The van der Waals surface area contributed by atoms with Crippen molar-refractivity contribution in [2.24, 2.45) is 5.10 Å². The van der Waals surface area contributed by atoms with Gasteiger partial charge < -0.3 is 19.3 Å². The summed E-state index contributed by atoms with van der Waals surface area (Å²) in [4.78, 5) is 24.5. The minimum absolute atomic E-state index is 0.110. The molecule has 164 valence electrons. The van der Waals surface area contributed by atoms with Crippen LogP contribution in [-0.4, -0.2) is 36.9 Å². The largest absolute Gasteiger partial charge is 0.507 e. The number of phenolic OH excluding ortho intramolecular Hbond substituents is 1. The fourth-order valence-electron chi connectivity index (χ4n) is 2.75. The number of phenols is 1. The first-order valence-corrected chi connectivity index (χ1v) is 9.76. The summed E-state index contributed by atoms with van der Waals surface area (Å²) in [7, 11) is 1.45. The maximum atomic E-state index is 12.4. The SMILES string of the molecule is CCOc1ccc(C(=O)Oc2ccc(/C=N\NC(=O)c3ccccc3O)cc2OC)cc1. The van der Waals surface area contributed by atoms with Crippen LogP contribution in [0.2, 0.25) is 0 Å². The molecule has 0 aromatic heterocycles. The number of ether oxygens (including phenoxy) is 3. The van der Waals surface area contributed by atoms with E-state index in [4.69, 9.17) is 14.2 Å². The summed E-state index contributed by atoms with van der Waals surface area (Å²) in [6.07, 6.45) is 1.40. The Labute approximate surface area is 185 Å². The molecule has 0 saturated heterocycles. The number of amides is 1. The van der Waals surface area contributed by atoms with Crippen molar-refractivity contribution < 1.29 is 28.9 Å². The molecule has 0 spiro atoms. The number of aromatic hydroxyl groups is 1. The summed E-state index contributed by atoms with van der Waals surface area (Å²) in [5, 5.41) is 13.6. The molecule has 0 aliphatic carbocycles. The lowest BCUT2D eigenvalue weighted by Gasteiger charge is -2.10. The fraction of sp³-hybridized carbons (Fsp3) is 0.125. The molecule has 0 aliphatic heterocycles. The van der Waals surface area contributed by atoms with Gasteiger partial charge in [0.1, 0.15) is 11.5 Å². The van der Waals surface area contributed by atoms with Crippen molar-refractivity contribution in [3.63, 3.8) is 0 Å². The minimum atomic E-state index is -0.549. The number of carbonyl (C=O) groups is 2. The molecule has 0 heterocycles. The van der Waals surface area contributed by atoms with Gasteiger partial charge in [0.25, 0.3) is 5.91 Å². The fourth-order valence-corrected chi connectivity index (χ4v) is 2.75. The smallest absolute Gasteiger partial charge is 0.343 e. The Morgan fingerprint density at radius 2 is 1.78 bits per heavy atom. The molecule has 0 fully saturated rings. The molecular formula is C24H22N2O6. The molecule has 32 heavy (non-hydrogen) atoms. The number of esters is 1. The molecule has 0 atom stereocenters. The summed E-state index contributed by atoms with van der Waals surface area (Å²) < 4.78 is 16.1. The Bertz CT molecular complexity index is 1130. The quantitative estimate of drug-likeness (QED) is 0.242. The van der Waals surface area contributed by atoms with E-state index >= 15 is 0 Å². The van der Waals surface area contributed by atoms with E-state index < -0.39 is 11.9 Å². The Hall–Kier alpha value is -4.33. The number of para-hydroxylation sites is 1. The summed E-state index contributed by atoms with van der Waals surface area (Å²) >= 11 is 0. The average molecular weight is 434 g/mol. The molecule has 8 nitrogen and oxygen atoms in total. The predicted octanol–water partition coefficient (Wildman–Crippen LogP) is 3.78. The lowest BCUT2D eigenvalue weighted by atomic mass is 10.2. The highest BCUT2D eigenvalue weighted by molar-refractivity contribution is 5.97. The average Bonchev–Trinajstić information content (AvgIpc) is 2.80. The van der Waals surface area contributed by atoms with E-state index in [-0.39, 0.29) is 17.1 Å². The van der Waals surface area contributed by atoms with E-state index in [1.165, 1.54) is 25.5 Å². The molecule has 0 unspecified atom stereocenters. The van der Waals surface area contributed by atoms with Gasteiger partial charge in [0, 0.05) is 0 Å². The van der Waals surface area contributed by atoms with E-state index in [1.54, 1.807) is 54.6 Å². The van der Waals surface area contributed by atoms with Gasteiger partial charge in [-0.05, 0) is 67.1 Å². The number of nitrogens with zero attached hydrogens (tertiary/aromatic N) is 1. The summed E-state index contributed by atoms with van der Waals surface area (Å²) in [5.74, 6) is -0.00244. The van der Waals surface area contributed by atoms with Crippen molar-refractivity contribution >= 4 is 18.1 Å². The second-order valence-corrected chi connectivity index (χ2v) is 6.47. The van der Waals surface area contributed by atoms with Crippen LogP contribution in [0.4, 0.5) is 0 Å². The number of methoxy groups -OCH3 is 1. The van der Waals surface area contributed by atoms with Crippen LogP contribution in [0.25, 0.3) is 0 Å². The number of hydrogen-bond donors (Lipinski definition) is 2. The first-order valence-electron chi connectivity index (χ1n) is 9.76. The van der Waals surface area contributed by atoms with Crippen LogP contribution in [0.1, 0.15) is 33.2 Å². The Kier molecular flexibility index (Phi) is 7.42. The maximum absolute atomic E-state index is 12.4. The summed E-state index contributed by atoms with van der Waals surface area (Å²) in [6, 6.07) is 17.6. The van der Waals surface area contributed by atoms with Gasteiger partial charge in [0.2, 0.25) is 0 Å². The first-order chi connectivity index (χ1) is 15.5. The van der Waals surface area contributed by atoms with Gasteiger partial charge in [-0.25, -0.2) is 10.2 Å². The predicted molar refractivity (Wildman–Crippen MR) is 119 cm³/mol. The third-order valence-electron chi connectivity index (χ3n) is 4.32. The molecule has 3 rings (SSSR count). The molecule has 3 aromatic rings. The molecule has 3 aromatic carbocycles. The lowest BCUT2D eigenvalue weighted by Crippen LogP contribution is -2.17. The molecule has 0 aliphatic rings. The van der Waals surface area contributed by atoms with Crippen LogP contribution >= 0.6 is 0 Å². The summed E-state index contributed by atoms with van der Waals surface area (Å²) in [6.45, 7) is 2.42. The van der Waals surface area contributed by atoms with Crippen LogP contribution in [-0.2, 0) is 0 Å². The van der Waals surface area contributed by atoms with Crippen molar-refractivity contribution in [3.05, 3.63) is 83.4 Å². The standard InChI is InChI=1S/C24H22N2O6/c1-3-31-18-11-9-17(10-12-18)24(29)32-21-13-8-16(14-22(21)30-2)15-25-26-23(28)19-6-4-5-7-20(19)27/h4-15,27H,3H2,1-2H3,(H,26,28)/b25-15-. The second-order valence-electron chi connectivity index (χ2n) is 6.47. The van der Waals surface area contributed by atoms with E-state index in [0.717, 1.165) is 0 Å². The van der Waals surface area contributed by atoms with Gasteiger partial charge in [0.15, 0.2) is 11.5 Å². The van der Waals surface area contributed by atoms with Crippen LogP contribution in [0.15, 0.2) is 71.8 Å². The molecular weight excluding hydrogens is 412 g/mol. The van der Waals surface area contributed by atoms with Crippen molar-refractivity contribution in [3.8, 4) is 23.0 Å². The number of nitrogens with one attached hydrogen (secondary N) is 1. The Morgan fingerprint density at radius 3 is 2.47 bits per heavy atom. The number of benzene rings is 3. The number of hydrogen-bond acceptors (Lipinski definition) is 7. The molecule has 0 saturated carbocycles. The number of rotatable bonds is 8. The zero-order chi connectivity index (χ0) is 22.9. The van der Waals surface area contributed by atoms with Gasteiger partial charge in [0.05, 0.1) is 31.1 Å². The van der Waals surface area contributed by atoms with Crippen LogP contribution in [0.5, 0.6) is 23.0 Å². The lowest BCUT2D eigenvalue weighted by molar-refractivity contribution is 0.0729. The van der Waals surface area contributed by atoms with Crippen molar-refractivity contribution in [2.75, 3.05) is 13.7 Å². The monoisotopic (exact) mass is 434 g/mol. The second kappa shape index (κ2) is 10.6. The third-order valence-corrected chi connectivity index (χ3v) is 4.32. The zero-order valence-electron chi connectivity index (χ0n) is 17.6. The first kappa shape index (κ1) is 22.4. The highest BCUT2D eigenvalue weighted by atomic mass is 16.6. The highest BCUT2D eigenvalue weighted by Gasteiger charge is 2.13. The van der Waals surface area contributed by atoms with Gasteiger partial charge in [-0.1, -0.05) is 12.1 Å². The molecule has 1 amide bonds. The number of hydrazone groups is 1. The van der Waals surface area contributed by atoms with E-state index in [9.17, 15) is 14.7 Å². The van der Waals surface area contributed by atoms with Crippen molar-refractivity contribution in [1.82, 2.24) is 5.43 Å². The molecule has 0 bridgehead atoms. The number of carbonyl (C=O) groups excluding carboxylic acids is 2. The van der Waals surface area contributed by atoms with Crippen LogP contribution < -0.4 is 19.6 Å². The highest BCUT2D eigenvalue weighted by Crippen LogP contribution is 2.28. The minimum Gasteiger partial charge on any atom is -0.507 e. The van der Waals surface area contributed by atoms with Gasteiger partial charge in [-0.3, -0.25) is 4.79 Å². The zero-order valence-corrected chi connectivity index (χ0v) is 17.6. The van der Waals surface area contributed by atoms with Crippen LogP contribution in [0.3, 0.4) is 0 Å². The normalized spacial score (nSPS) is 10.6. The third kappa shape index (κ3) is 5.63. The van der Waals surface area contributed by atoms with Gasteiger partial charge in [-0.2, -0.15) is 5.10 Å². The van der Waals surface area contributed by atoms with Crippen molar-refractivity contribution in [1.29, 1.82) is 0 Å². The van der Waals surface area contributed by atoms with E-state index in [2.05, 4.69) is 10.5 Å². The van der Waals surface area contributed by atoms with E-state index in [0.29, 0.717) is 29.2 Å². The molecule has 2 N–H and O–H groups in total. The van der Waals surface area contributed by atoms with Crippen LogP contribution in [0, 0.1) is 0 Å². The van der Waals surface area contributed by atoms with Gasteiger partial charge >= 0.3 is 5.97 Å². The Balaban J connectivity index is 1.66.